The molecule has 6 heteroatoms. The smallest absolute Gasteiger partial charge is 0.256 e. The van der Waals surface area contributed by atoms with Crippen LogP contribution >= 0.6 is 0 Å². The summed E-state index contributed by atoms with van der Waals surface area (Å²) < 4.78 is 0. The van der Waals surface area contributed by atoms with Gasteiger partial charge in [-0.15, -0.1) is 0 Å². The third-order valence-corrected chi connectivity index (χ3v) is 5.49. The highest BCUT2D eigenvalue weighted by Crippen LogP contribution is 2.22. The van der Waals surface area contributed by atoms with Gasteiger partial charge >= 0.3 is 0 Å². The molecule has 1 unspecified atom stereocenters. The third-order valence-electron chi connectivity index (χ3n) is 5.49. The lowest BCUT2D eigenvalue weighted by Gasteiger charge is -2.22. The number of fused-ring (bicyclic) bond motifs is 1. The molecule has 2 aromatic heterocycles. The van der Waals surface area contributed by atoms with E-state index in [0.717, 1.165) is 54.6 Å². The predicted molar refractivity (Wildman–Crippen MR) is 117 cm³/mol. The maximum absolute atomic E-state index is 13.2. The number of pyridine rings is 2. The van der Waals surface area contributed by atoms with Gasteiger partial charge in [-0.2, -0.15) is 0 Å². The van der Waals surface area contributed by atoms with Gasteiger partial charge in [0.15, 0.2) is 0 Å². The number of nitrogens with one attached hydrogen (secondary N) is 1. The Morgan fingerprint density at radius 1 is 1.07 bits per heavy atom. The molecule has 1 aliphatic heterocycles. The summed E-state index contributed by atoms with van der Waals surface area (Å²) in [6, 6.07) is 12.4. The van der Waals surface area contributed by atoms with Gasteiger partial charge < -0.3 is 15.1 Å². The highest BCUT2D eigenvalue weighted by molar-refractivity contribution is 6.06. The fraction of sp³-hybridized carbons (Fsp3) is 0.348. The second-order valence-corrected chi connectivity index (χ2v) is 7.77. The number of carbonyl (C=O) groups is 1. The Bertz CT molecular complexity index is 981. The predicted octanol–water partition coefficient (Wildman–Crippen LogP) is 3.80. The number of likely N-dealkylation sites (tertiary alicyclic amines) is 1. The fourth-order valence-corrected chi connectivity index (χ4v) is 3.87. The van der Waals surface area contributed by atoms with Crippen LogP contribution in [0.3, 0.4) is 0 Å². The molecule has 0 bridgehead atoms. The van der Waals surface area contributed by atoms with E-state index < -0.39 is 0 Å². The SMILES string of the molecule is CN(C)c1ccc(NC2CCCN(C(=O)c3cncc4ccccc34)CC2)cn1. The Hall–Kier alpha value is -3.15. The number of rotatable bonds is 4. The van der Waals surface area contributed by atoms with E-state index in [0.29, 0.717) is 11.6 Å². The number of hydrogen-bond acceptors (Lipinski definition) is 5. The van der Waals surface area contributed by atoms with Crippen LogP contribution in [0.5, 0.6) is 0 Å². The van der Waals surface area contributed by atoms with Crippen molar-refractivity contribution in [2.75, 3.05) is 37.4 Å². The molecule has 1 aromatic carbocycles. The minimum absolute atomic E-state index is 0.0759. The van der Waals surface area contributed by atoms with Crippen LogP contribution < -0.4 is 10.2 Å². The first-order chi connectivity index (χ1) is 14.1. The summed E-state index contributed by atoms with van der Waals surface area (Å²) in [5.41, 5.74) is 1.72. The number of hydrogen-bond donors (Lipinski definition) is 1. The molecular formula is C23H27N5O. The van der Waals surface area contributed by atoms with Gasteiger partial charge in [0.25, 0.3) is 5.91 Å². The molecule has 1 aliphatic rings. The number of benzene rings is 1. The lowest BCUT2D eigenvalue weighted by atomic mass is 10.1. The molecular weight excluding hydrogens is 362 g/mol. The Kier molecular flexibility index (Phi) is 5.60. The van der Waals surface area contributed by atoms with Crippen LogP contribution in [0.15, 0.2) is 55.0 Å². The van der Waals surface area contributed by atoms with Crippen LogP contribution in [-0.2, 0) is 0 Å². The summed E-state index contributed by atoms with van der Waals surface area (Å²) in [4.78, 5) is 25.9. The zero-order chi connectivity index (χ0) is 20.2. The van der Waals surface area contributed by atoms with Crippen molar-refractivity contribution in [1.29, 1.82) is 0 Å². The molecule has 3 heterocycles. The number of aromatic nitrogens is 2. The minimum atomic E-state index is 0.0759. The lowest BCUT2D eigenvalue weighted by molar-refractivity contribution is 0.0763. The van der Waals surface area contributed by atoms with Gasteiger partial charge in [-0.1, -0.05) is 24.3 Å². The second-order valence-electron chi connectivity index (χ2n) is 7.77. The molecule has 1 N–H and O–H groups in total. The van der Waals surface area contributed by atoms with Crippen molar-refractivity contribution < 1.29 is 4.79 Å². The average molecular weight is 390 g/mol. The average Bonchev–Trinajstić information content (AvgIpc) is 2.99. The molecule has 3 aromatic rings. The quantitative estimate of drug-likeness (QED) is 0.735. The zero-order valence-corrected chi connectivity index (χ0v) is 17.0. The van der Waals surface area contributed by atoms with Gasteiger partial charge in [-0.25, -0.2) is 4.98 Å². The second kappa shape index (κ2) is 8.47. The molecule has 6 nitrogen and oxygen atoms in total. The van der Waals surface area contributed by atoms with E-state index in [1.54, 1.807) is 6.20 Å². The van der Waals surface area contributed by atoms with E-state index >= 15 is 0 Å². The van der Waals surface area contributed by atoms with Crippen molar-refractivity contribution in [3.63, 3.8) is 0 Å². The van der Waals surface area contributed by atoms with E-state index in [1.807, 2.05) is 66.6 Å². The Morgan fingerprint density at radius 2 is 1.93 bits per heavy atom. The molecule has 0 aliphatic carbocycles. The lowest BCUT2D eigenvalue weighted by Crippen LogP contribution is -2.33. The van der Waals surface area contributed by atoms with Crippen LogP contribution in [0, 0.1) is 0 Å². The molecule has 4 rings (SSSR count). The maximum atomic E-state index is 13.2. The van der Waals surface area contributed by atoms with Crippen LogP contribution in [0.2, 0.25) is 0 Å². The number of carbonyl (C=O) groups excluding carboxylic acids is 1. The summed E-state index contributed by atoms with van der Waals surface area (Å²) >= 11 is 0. The summed E-state index contributed by atoms with van der Waals surface area (Å²) in [6.45, 7) is 1.51. The topological polar surface area (TPSA) is 61.4 Å². The van der Waals surface area contributed by atoms with Crippen molar-refractivity contribution in [2.45, 2.75) is 25.3 Å². The van der Waals surface area contributed by atoms with Crippen molar-refractivity contribution in [3.05, 3.63) is 60.6 Å². The van der Waals surface area contributed by atoms with Gasteiger partial charge in [0.1, 0.15) is 5.82 Å². The van der Waals surface area contributed by atoms with E-state index in [4.69, 9.17) is 0 Å². The van der Waals surface area contributed by atoms with Gasteiger partial charge in [0.05, 0.1) is 17.4 Å². The summed E-state index contributed by atoms with van der Waals surface area (Å²) in [5.74, 6) is 1.02. The van der Waals surface area contributed by atoms with Crippen LogP contribution in [0.4, 0.5) is 11.5 Å². The molecule has 1 atom stereocenters. The normalized spacial score (nSPS) is 17.0. The molecule has 0 radical (unpaired) electrons. The molecule has 1 fully saturated rings. The summed E-state index contributed by atoms with van der Waals surface area (Å²) in [7, 11) is 3.97. The Labute approximate surface area is 171 Å². The van der Waals surface area contributed by atoms with E-state index in [1.165, 1.54) is 0 Å². The van der Waals surface area contributed by atoms with Gasteiger partial charge in [0, 0.05) is 51.0 Å². The first-order valence-corrected chi connectivity index (χ1v) is 10.1. The van der Waals surface area contributed by atoms with E-state index in [9.17, 15) is 4.79 Å². The van der Waals surface area contributed by atoms with Gasteiger partial charge in [0.2, 0.25) is 0 Å². The molecule has 0 spiro atoms. The van der Waals surface area contributed by atoms with Crippen molar-refractivity contribution in [2.24, 2.45) is 0 Å². The van der Waals surface area contributed by atoms with E-state index in [2.05, 4.69) is 21.4 Å². The molecule has 150 valence electrons. The van der Waals surface area contributed by atoms with Crippen molar-refractivity contribution in [3.8, 4) is 0 Å². The number of nitrogens with zero attached hydrogens (tertiary/aromatic N) is 4. The third kappa shape index (κ3) is 4.31. The summed E-state index contributed by atoms with van der Waals surface area (Å²) in [6.07, 6.45) is 8.31. The Morgan fingerprint density at radius 3 is 2.72 bits per heavy atom. The highest BCUT2D eigenvalue weighted by atomic mass is 16.2. The van der Waals surface area contributed by atoms with E-state index in [-0.39, 0.29) is 5.91 Å². The van der Waals surface area contributed by atoms with Crippen molar-refractivity contribution in [1.82, 2.24) is 14.9 Å². The first-order valence-electron chi connectivity index (χ1n) is 10.1. The molecule has 1 amide bonds. The minimum Gasteiger partial charge on any atom is -0.381 e. The summed E-state index contributed by atoms with van der Waals surface area (Å²) in [5, 5.41) is 5.56. The largest absolute Gasteiger partial charge is 0.381 e. The molecule has 29 heavy (non-hydrogen) atoms. The molecule has 1 saturated heterocycles. The van der Waals surface area contributed by atoms with Crippen LogP contribution in [-0.4, -0.2) is 54.0 Å². The standard InChI is InChI=1S/C23H27N5O/c1-27(2)22-10-9-19(15-25-22)26-18-7-5-12-28(13-11-18)23(29)21-16-24-14-17-6-3-4-8-20(17)21/h3-4,6,8-10,14-16,18,26H,5,7,11-13H2,1-2H3. The fourth-order valence-electron chi connectivity index (χ4n) is 3.87. The maximum Gasteiger partial charge on any atom is 0.256 e. The first kappa shape index (κ1) is 19.2. The van der Waals surface area contributed by atoms with Gasteiger partial charge in [-0.3, -0.25) is 9.78 Å². The van der Waals surface area contributed by atoms with Crippen molar-refractivity contribution >= 4 is 28.2 Å². The van der Waals surface area contributed by atoms with Crippen LogP contribution in [0.1, 0.15) is 29.6 Å². The monoisotopic (exact) mass is 389 g/mol. The van der Waals surface area contributed by atoms with Crippen LogP contribution in [0.25, 0.3) is 10.8 Å². The number of anilines is 2. The Balaban J connectivity index is 1.42. The highest BCUT2D eigenvalue weighted by Gasteiger charge is 2.23. The number of amides is 1. The van der Waals surface area contributed by atoms with Gasteiger partial charge in [-0.05, 0) is 36.8 Å². The zero-order valence-electron chi connectivity index (χ0n) is 17.0. The molecule has 0 saturated carbocycles.